The molecule has 1 heterocycles. The second-order valence-corrected chi connectivity index (χ2v) is 8.54. The molecular formula is C26H26N4O5. The molecule has 0 aliphatic carbocycles. The molecule has 0 saturated carbocycles. The number of aryl methyl sites for hydroxylation is 1. The molecule has 1 saturated heterocycles. The largest absolute Gasteiger partial charge is 0.495 e. The van der Waals surface area contributed by atoms with E-state index in [-0.39, 0.29) is 6.54 Å². The van der Waals surface area contributed by atoms with E-state index in [0.717, 1.165) is 21.2 Å². The molecule has 180 valence electrons. The highest BCUT2D eigenvalue weighted by molar-refractivity contribution is 6.09. The number of nitrogens with one attached hydrogen (secondary N) is 3. The van der Waals surface area contributed by atoms with Gasteiger partial charge in [-0.05, 0) is 53.9 Å². The van der Waals surface area contributed by atoms with Crippen molar-refractivity contribution < 1.29 is 23.9 Å². The quantitative estimate of drug-likeness (QED) is 0.455. The Labute approximate surface area is 202 Å². The number of nitrogens with zero attached hydrogens (tertiary/aromatic N) is 1. The Balaban J connectivity index is 1.38. The summed E-state index contributed by atoms with van der Waals surface area (Å²) in [6.07, 6.45) is 0. The van der Waals surface area contributed by atoms with Crippen LogP contribution >= 0.6 is 0 Å². The van der Waals surface area contributed by atoms with Crippen LogP contribution in [-0.4, -0.2) is 48.9 Å². The minimum Gasteiger partial charge on any atom is -0.495 e. The van der Waals surface area contributed by atoms with Gasteiger partial charge in [-0.25, -0.2) is 4.79 Å². The zero-order valence-electron chi connectivity index (χ0n) is 19.7. The molecule has 0 bridgehead atoms. The van der Waals surface area contributed by atoms with E-state index in [9.17, 15) is 19.2 Å². The van der Waals surface area contributed by atoms with E-state index in [0.29, 0.717) is 17.0 Å². The first-order valence-electron chi connectivity index (χ1n) is 11.1. The highest BCUT2D eigenvalue weighted by Gasteiger charge is 2.49. The number of amides is 5. The van der Waals surface area contributed by atoms with Crippen molar-refractivity contribution in [1.29, 1.82) is 0 Å². The molecule has 0 aromatic heterocycles. The predicted molar refractivity (Wildman–Crippen MR) is 131 cm³/mol. The van der Waals surface area contributed by atoms with E-state index in [1.807, 2.05) is 49.4 Å². The van der Waals surface area contributed by atoms with Crippen molar-refractivity contribution in [3.05, 3.63) is 71.8 Å². The number of fused-ring (bicyclic) bond motifs is 1. The molecule has 9 nitrogen and oxygen atoms in total. The molecule has 35 heavy (non-hydrogen) atoms. The topological polar surface area (TPSA) is 117 Å². The molecule has 1 aliphatic heterocycles. The van der Waals surface area contributed by atoms with E-state index in [1.54, 1.807) is 25.1 Å². The van der Waals surface area contributed by atoms with Gasteiger partial charge in [-0.1, -0.05) is 42.5 Å². The van der Waals surface area contributed by atoms with E-state index < -0.39 is 35.8 Å². The lowest BCUT2D eigenvalue weighted by atomic mass is 9.90. The van der Waals surface area contributed by atoms with Gasteiger partial charge in [-0.3, -0.25) is 19.3 Å². The van der Waals surface area contributed by atoms with Crippen molar-refractivity contribution >= 4 is 40.2 Å². The van der Waals surface area contributed by atoms with Crippen LogP contribution in [0.2, 0.25) is 0 Å². The summed E-state index contributed by atoms with van der Waals surface area (Å²) < 4.78 is 5.23. The zero-order valence-corrected chi connectivity index (χ0v) is 19.7. The third-order valence-corrected chi connectivity index (χ3v) is 5.98. The summed E-state index contributed by atoms with van der Waals surface area (Å²) in [4.78, 5) is 51.4. The molecule has 5 amide bonds. The van der Waals surface area contributed by atoms with Crippen molar-refractivity contribution in [2.75, 3.05) is 25.5 Å². The Hall–Kier alpha value is -4.40. The van der Waals surface area contributed by atoms with Crippen LogP contribution in [0.15, 0.2) is 60.7 Å². The molecule has 0 radical (unpaired) electrons. The van der Waals surface area contributed by atoms with Crippen LogP contribution in [0.1, 0.15) is 18.1 Å². The Morgan fingerprint density at radius 1 is 1.00 bits per heavy atom. The number of rotatable bonds is 7. The van der Waals surface area contributed by atoms with Gasteiger partial charge in [0.1, 0.15) is 17.8 Å². The van der Waals surface area contributed by atoms with Crippen LogP contribution in [0, 0.1) is 6.92 Å². The van der Waals surface area contributed by atoms with Crippen molar-refractivity contribution in [2.45, 2.75) is 19.4 Å². The molecule has 0 spiro atoms. The average molecular weight is 475 g/mol. The summed E-state index contributed by atoms with van der Waals surface area (Å²) in [5.41, 5.74) is 0.717. The molecule has 3 N–H and O–H groups in total. The summed E-state index contributed by atoms with van der Waals surface area (Å²) in [6.45, 7) is 2.65. The van der Waals surface area contributed by atoms with Gasteiger partial charge in [0.05, 0.1) is 19.3 Å². The number of methoxy groups -OCH3 is 1. The predicted octanol–water partition coefficient (Wildman–Crippen LogP) is 2.68. The van der Waals surface area contributed by atoms with Gasteiger partial charge in [0.15, 0.2) is 0 Å². The molecule has 3 aromatic carbocycles. The fourth-order valence-corrected chi connectivity index (χ4v) is 4.03. The number of carbonyl (C=O) groups is 4. The van der Waals surface area contributed by atoms with Gasteiger partial charge in [-0.15, -0.1) is 0 Å². The SMILES string of the molecule is COc1ccc(C)cc1NC(=O)CNC(=O)CN1C(=O)NC(C)(c2ccc3ccccc3c2)C1=O. The fraction of sp³-hybridized carbons (Fsp3) is 0.231. The third kappa shape index (κ3) is 4.79. The summed E-state index contributed by atoms with van der Waals surface area (Å²) >= 11 is 0. The number of ether oxygens (including phenoxy) is 1. The Kier molecular flexibility index (Phi) is 6.42. The van der Waals surface area contributed by atoms with Crippen molar-refractivity contribution in [3.63, 3.8) is 0 Å². The van der Waals surface area contributed by atoms with E-state index in [4.69, 9.17) is 4.74 Å². The lowest BCUT2D eigenvalue weighted by molar-refractivity contribution is -0.135. The van der Waals surface area contributed by atoms with Gasteiger partial charge in [0.25, 0.3) is 5.91 Å². The van der Waals surface area contributed by atoms with E-state index in [1.165, 1.54) is 7.11 Å². The van der Waals surface area contributed by atoms with Gasteiger partial charge in [0, 0.05) is 0 Å². The van der Waals surface area contributed by atoms with Gasteiger partial charge < -0.3 is 20.7 Å². The normalized spacial score (nSPS) is 17.3. The van der Waals surface area contributed by atoms with Gasteiger partial charge in [0.2, 0.25) is 11.8 Å². The minimum absolute atomic E-state index is 0.332. The molecule has 3 aromatic rings. The van der Waals surface area contributed by atoms with Crippen LogP contribution in [0.5, 0.6) is 5.75 Å². The van der Waals surface area contributed by atoms with Gasteiger partial charge in [-0.2, -0.15) is 0 Å². The third-order valence-electron chi connectivity index (χ3n) is 5.98. The number of imide groups is 1. The van der Waals surface area contributed by atoms with Crippen molar-refractivity contribution in [3.8, 4) is 5.75 Å². The van der Waals surface area contributed by atoms with Gasteiger partial charge >= 0.3 is 6.03 Å². The second-order valence-electron chi connectivity index (χ2n) is 8.54. The average Bonchev–Trinajstić information content (AvgIpc) is 3.06. The second kappa shape index (κ2) is 9.46. The van der Waals surface area contributed by atoms with Crippen LogP contribution in [0.4, 0.5) is 10.5 Å². The number of urea groups is 1. The Morgan fingerprint density at radius 2 is 1.74 bits per heavy atom. The van der Waals surface area contributed by atoms with Crippen LogP contribution < -0.4 is 20.7 Å². The first-order valence-corrected chi connectivity index (χ1v) is 11.1. The van der Waals surface area contributed by atoms with Crippen LogP contribution in [-0.2, 0) is 19.9 Å². The van der Waals surface area contributed by atoms with E-state index in [2.05, 4.69) is 16.0 Å². The fourth-order valence-electron chi connectivity index (χ4n) is 4.03. The standard InChI is InChI=1S/C26H26N4O5/c1-16-8-11-21(35-3)20(12-16)28-22(31)14-27-23(32)15-30-24(33)26(2,29-25(30)34)19-10-9-17-6-4-5-7-18(17)13-19/h4-13H,14-15H2,1-3H3,(H,27,32)(H,28,31)(H,29,34). The van der Waals surface area contributed by atoms with E-state index >= 15 is 0 Å². The lowest BCUT2D eigenvalue weighted by Crippen LogP contribution is -2.44. The summed E-state index contributed by atoms with van der Waals surface area (Å²) in [5.74, 6) is -1.16. The number of anilines is 1. The maximum absolute atomic E-state index is 13.2. The number of benzene rings is 3. The molecule has 4 rings (SSSR count). The lowest BCUT2D eigenvalue weighted by Gasteiger charge is -2.22. The van der Waals surface area contributed by atoms with Crippen LogP contribution in [0.3, 0.4) is 0 Å². The number of hydrogen-bond donors (Lipinski definition) is 3. The number of hydrogen-bond acceptors (Lipinski definition) is 5. The molecule has 1 unspecified atom stereocenters. The highest BCUT2D eigenvalue weighted by atomic mass is 16.5. The molecule has 1 fully saturated rings. The zero-order chi connectivity index (χ0) is 25.2. The molecule has 1 aliphatic rings. The monoisotopic (exact) mass is 474 g/mol. The maximum Gasteiger partial charge on any atom is 0.325 e. The molecule has 9 heteroatoms. The smallest absolute Gasteiger partial charge is 0.325 e. The first kappa shape index (κ1) is 23.7. The van der Waals surface area contributed by atoms with Crippen molar-refractivity contribution in [1.82, 2.24) is 15.5 Å². The minimum atomic E-state index is -1.31. The molecule has 1 atom stereocenters. The Morgan fingerprint density at radius 3 is 2.49 bits per heavy atom. The molecular weight excluding hydrogens is 448 g/mol. The first-order chi connectivity index (χ1) is 16.7. The summed E-state index contributed by atoms with van der Waals surface area (Å²) in [7, 11) is 1.49. The van der Waals surface area contributed by atoms with Crippen LogP contribution in [0.25, 0.3) is 10.8 Å². The number of carbonyl (C=O) groups excluding carboxylic acids is 4. The highest BCUT2D eigenvalue weighted by Crippen LogP contribution is 2.31. The Bertz CT molecular complexity index is 1340. The summed E-state index contributed by atoms with van der Waals surface area (Å²) in [6, 6.07) is 17.9. The maximum atomic E-state index is 13.2. The van der Waals surface area contributed by atoms with Crippen molar-refractivity contribution in [2.24, 2.45) is 0 Å². The summed E-state index contributed by atoms with van der Waals surface area (Å²) in [5, 5.41) is 9.76.